The molecular formula is C24H26F3N5O3. The number of nitrogens with one attached hydrogen (secondary N) is 2. The number of halogens is 3. The molecule has 0 radical (unpaired) electrons. The fourth-order valence-corrected chi connectivity index (χ4v) is 4.33. The number of amides is 3. The van der Waals surface area contributed by atoms with Crippen LogP contribution >= 0.6 is 0 Å². The number of benzene rings is 1. The minimum atomic E-state index is -4.67. The number of carbonyl (C=O) groups excluding carboxylic acids is 3. The van der Waals surface area contributed by atoms with Crippen molar-refractivity contribution in [3.05, 3.63) is 53.2 Å². The highest BCUT2D eigenvalue weighted by Crippen LogP contribution is 2.35. The number of carbonyl (C=O) groups is 3. The standard InChI is InChI=1S/C24H26F3N5O3/c1-2-3-6-9-28-21(33)15-12-18-20(29-13-15)32-11-10-31(14-19(32)22(34)30-18)23(35)16-7-4-5-8-17(16)24(25,26)27/h4-5,7-8,12-13,19H,2-3,6,9-11,14H2,1H3,(H,28,33)(H,30,34). The summed E-state index contributed by atoms with van der Waals surface area (Å²) >= 11 is 0. The Kier molecular flexibility index (Phi) is 6.95. The predicted molar refractivity (Wildman–Crippen MR) is 123 cm³/mol. The molecule has 2 aliphatic heterocycles. The molecule has 2 aliphatic rings. The lowest BCUT2D eigenvalue weighted by molar-refractivity contribution is -0.138. The van der Waals surface area contributed by atoms with Gasteiger partial charge in [0, 0.05) is 25.8 Å². The molecule has 11 heteroatoms. The SMILES string of the molecule is CCCCCNC(=O)c1cnc2c(c1)NC(=O)C1CN(C(=O)c3ccccc3C(F)(F)F)CCN21. The maximum absolute atomic E-state index is 13.4. The third-order valence-electron chi connectivity index (χ3n) is 6.16. The van der Waals surface area contributed by atoms with Crippen LogP contribution in [0.2, 0.25) is 0 Å². The zero-order valence-electron chi connectivity index (χ0n) is 19.2. The minimum absolute atomic E-state index is 0.0857. The Labute approximate surface area is 200 Å². The van der Waals surface area contributed by atoms with Crippen LogP contribution in [0.25, 0.3) is 0 Å². The van der Waals surface area contributed by atoms with E-state index in [9.17, 15) is 27.6 Å². The van der Waals surface area contributed by atoms with E-state index in [4.69, 9.17) is 0 Å². The maximum atomic E-state index is 13.4. The molecule has 8 nitrogen and oxygen atoms in total. The molecule has 35 heavy (non-hydrogen) atoms. The first-order chi connectivity index (χ1) is 16.7. The second-order valence-electron chi connectivity index (χ2n) is 8.55. The third kappa shape index (κ3) is 5.08. The van der Waals surface area contributed by atoms with E-state index in [-0.39, 0.29) is 25.5 Å². The van der Waals surface area contributed by atoms with Crippen molar-refractivity contribution in [1.29, 1.82) is 0 Å². The van der Waals surface area contributed by atoms with Crippen LogP contribution in [0, 0.1) is 0 Å². The summed E-state index contributed by atoms with van der Waals surface area (Å²) in [5.74, 6) is -1.02. The van der Waals surface area contributed by atoms with E-state index in [1.807, 2.05) is 0 Å². The molecular weight excluding hydrogens is 463 g/mol. The van der Waals surface area contributed by atoms with Gasteiger partial charge in [-0.05, 0) is 24.6 Å². The summed E-state index contributed by atoms with van der Waals surface area (Å²) in [4.78, 5) is 45.6. The Hall–Kier alpha value is -3.63. The molecule has 0 saturated carbocycles. The van der Waals surface area contributed by atoms with Crippen LogP contribution in [0.3, 0.4) is 0 Å². The molecule has 3 heterocycles. The number of pyridine rings is 1. The first kappa shape index (κ1) is 24.5. The van der Waals surface area contributed by atoms with E-state index in [1.54, 1.807) is 11.0 Å². The van der Waals surface area contributed by atoms with Gasteiger partial charge in [-0.1, -0.05) is 31.9 Å². The lowest BCUT2D eigenvalue weighted by Crippen LogP contribution is -2.61. The van der Waals surface area contributed by atoms with E-state index in [0.717, 1.165) is 31.4 Å². The summed E-state index contributed by atoms with van der Waals surface area (Å²) in [7, 11) is 0. The number of unbranched alkanes of at least 4 members (excludes halogenated alkanes) is 2. The number of aromatic nitrogens is 1. The fraction of sp³-hybridized carbons (Fsp3) is 0.417. The van der Waals surface area contributed by atoms with Gasteiger partial charge in [0.15, 0.2) is 5.82 Å². The number of hydrogen-bond acceptors (Lipinski definition) is 5. The van der Waals surface area contributed by atoms with Crippen LogP contribution in [0.4, 0.5) is 24.7 Å². The van der Waals surface area contributed by atoms with E-state index < -0.39 is 35.2 Å². The Morgan fingerprint density at radius 1 is 1.20 bits per heavy atom. The van der Waals surface area contributed by atoms with Crippen molar-refractivity contribution >= 4 is 29.2 Å². The van der Waals surface area contributed by atoms with E-state index >= 15 is 0 Å². The Bertz CT molecular complexity index is 1140. The topological polar surface area (TPSA) is 94.6 Å². The molecule has 4 rings (SSSR count). The highest BCUT2D eigenvalue weighted by molar-refractivity contribution is 6.05. The fourth-order valence-electron chi connectivity index (χ4n) is 4.33. The van der Waals surface area contributed by atoms with Crippen molar-refractivity contribution in [2.45, 2.75) is 38.4 Å². The average Bonchev–Trinajstić information content (AvgIpc) is 2.85. The van der Waals surface area contributed by atoms with Crippen molar-refractivity contribution < 1.29 is 27.6 Å². The Morgan fingerprint density at radius 3 is 2.71 bits per heavy atom. The first-order valence-corrected chi connectivity index (χ1v) is 11.5. The van der Waals surface area contributed by atoms with Crippen LogP contribution in [0.15, 0.2) is 36.5 Å². The van der Waals surface area contributed by atoms with Gasteiger partial charge in [-0.25, -0.2) is 4.98 Å². The van der Waals surface area contributed by atoms with Gasteiger partial charge in [0.1, 0.15) is 6.04 Å². The molecule has 1 unspecified atom stereocenters. The molecule has 2 aromatic rings. The van der Waals surface area contributed by atoms with Crippen LogP contribution < -0.4 is 15.5 Å². The van der Waals surface area contributed by atoms with Crippen molar-refractivity contribution in [3.63, 3.8) is 0 Å². The smallest absolute Gasteiger partial charge is 0.352 e. The summed E-state index contributed by atoms with van der Waals surface area (Å²) in [6.07, 6.45) is -0.318. The highest BCUT2D eigenvalue weighted by atomic mass is 19.4. The molecule has 1 atom stereocenters. The molecule has 1 saturated heterocycles. The normalized spacial score (nSPS) is 17.4. The van der Waals surface area contributed by atoms with Gasteiger partial charge < -0.3 is 20.4 Å². The maximum Gasteiger partial charge on any atom is 0.417 e. The Balaban J connectivity index is 1.49. The largest absolute Gasteiger partial charge is 0.417 e. The zero-order chi connectivity index (χ0) is 25.2. The number of alkyl halides is 3. The van der Waals surface area contributed by atoms with Gasteiger partial charge in [0.2, 0.25) is 5.91 Å². The molecule has 3 amide bonds. The number of piperazine rings is 1. The highest BCUT2D eigenvalue weighted by Gasteiger charge is 2.42. The molecule has 1 fully saturated rings. The van der Waals surface area contributed by atoms with Crippen LogP contribution in [0.5, 0.6) is 0 Å². The number of fused-ring (bicyclic) bond motifs is 3. The van der Waals surface area contributed by atoms with Gasteiger partial charge in [-0.2, -0.15) is 13.2 Å². The summed E-state index contributed by atoms with van der Waals surface area (Å²) in [6, 6.07) is 5.37. The second kappa shape index (κ2) is 9.93. The number of nitrogens with zero attached hydrogens (tertiary/aromatic N) is 3. The van der Waals surface area contributed by atoms with Gasteiger partial charge in [-0.3, -0.25) is 14.4 Å². The number of rotatable bonds is 6. The third-order valence-corrected chi connectivity index (χ3v) is 6.16. The first-order valence-electron chi connectivity index (χ1n) is 11.5. The van der Waals surface area contributed by atoms with E-state index in [2.05, 4.69) is 22.5 Å². The van der Waals surface area contributed by atoms with E-state index in [1.165, 1.54) is 23.2 Å². The second-order valence-corrected chi connectivity index (χ2v) is 8.55. The summed E-state index contributed by atoms with van der Waals surface area (Å²) in [5, 5.41) is 5.55. The van der Waals surface area contributed by atoms with Crippen molar-refractivity contribution in [2.75, 3.05) is 36.4 Å². The van der Waals surface area contributed by atoms with Crippen LogP contribution in [-0.2, 0) is 11.0 Å². The van der Waals surface area contributed by atoms with Crippen LogP contribution in [-0.4, -0.2) is 59.8 Å². The number of hydrogen-bond donors (Lipinski definition) is 2. The van der Waals surface area contributed by atoms with Crippen molar-refractivity contribution in [3.8, 4) is 0 Å². The number of anilines is 2. The molecule has 0 aliphatic carbocycles. The summed E-state index contributed by atoms with van der Waals surface area (Å²) < 4.78 is 40.2. The summed E-state index contributed by atoms with van der Waals surface area (Å²) in [6.45, 7) is 2.86. The van der Waals surface area contributed by atoms with Gasteiger partial charge in [0.25, 0.3) is 11.8 Å². The van der Waals surface area contributed by atoms with Crippen LogP contribution in [0.1, 0.15) is 52.5 Å². The lowest BCUT2D eigenvalue weighted by Gasteiger charge is -2.44. The minimum Gasteiger partial charge on any atom is -0.352 e. The van der Waals surface area contributed by atoms with Crippen molar-refractivity contribution in [1.82, 2.24) is 15.2 Å². The Morgan fingerprint density at radius 2 is 1.97 bits per heavy atom. The zero-order valence-corrected chi connectivity index (χ0v) is 19.2. The predicted octanol–water partition coefficient (Wildman–Crippen LogP) is 3.30. The molecule has 1 aromatic heterocycles. The van der Waals surface area contributed by atoms with Gasteiger partial charge >= 0.3 is 6.18 Å². The summed E-state index contributed by atoms with van der Waals surface area (Å²) in [5.41, 5.74) is -0.753. The monoisotopic (exact) mass is 489 g/mol. The average molecular weight is 489 g/mol. The molecule has 2 N–H and O–H groups in total. The van der Waals surface area contributed by atoms with Gasteiger partial charge in [-0.15, -0.1) is 0 Å². The molecule has 0 bridgehead atoms. The molecule has 0 spiro atoms. The van der Waals surface area contributed by atoms with Crippen molar-refractivity contribution in [2.24, 2.45) is 0 Å². The molecule has 1 aromatic carbocycles. The quantitative estimate of drug-likeness (QED) is 0.608. The lowest BCUT2D eigenvalue weighted by atomic mass is 10.0. The van der Waals surface area contributed by atoms with Gasteiger partial charge in [0.05, 0.1) is 28.9 Å². The van der Waals surface area contributed by atoms with E-state index in [0.29, 0.717) is 23.6 Å². The molecule has 186 valence electrons.